The summed E-state index contributed by atoms with van der Waals surface area (Å²) in [6, 6.07) is 0. The van der Waals surface area contributed by atoms with Crippen LogP contribution in [0.2, 0.25) is 0 Å². The molecule has 1 saturated carbocycles. The molecule has 0 aromatic carbocycles. The zero-order valence-corrected chi connectivity index (χ0v) is 10.3. The van der Waals surface area contributed by atoms with E-state index in [1.54, 1.807) is 0 Å². The summed E-state index contributed by atoms with van der Waals surface area (Å²) in [5.74, 6) is 2.05. The van der Waals surface area contributed by atoms with Gasteiger partial charge in [0.25, 0.3) is 0 Å². The van der Waals surface area contributed by atoms with Gasteiger partial charge < -0.3 is 4.74 Å². The summed E-state index contributed by atoms with van der Waals surface area (Å²) in [6.45, 7) is 8.11. The van der Waals surface area contributed by atoms with Crippen LogP contribution in [0.5, 0.6) is 0 Å². The lowest BCUT2D eigenvalue weighted by molar-refractivity contribution is -0.126. The van der Waals surface area contributed by atoms with Gasteiger partial charge in [0.1, 0.15) is 5.78 Å². The zero-order valence-electron chi connectivity index (χ0n) is 10.3. The second kappa shape index (κ2) is 6.26. The highest BCUT2D eigenvalue weighted by Gasteiger charge is 2.25. The third kappa shape index (κ3) is 4.78. The Morgan fingerprint density at radius 3 is 2.87 bits per heavy atom. The molecule has 0 radical (unpaired) electrons. The van der Waals surface area contributed by atoms with Crippen LogP contribution < -0.4 is 0 Å². The molecule has 1 aliphatic carbocycles. The Morgan fingerprint density at radius 1 is 1.47 bits per heavy atom. The Morgan fingerprint density at radius 2 is 2.20 bits per heavy atom. The number of ketones is 1. The van der Waals surface area contributed by atoms with Crippen LogP contribution in [0.15, 0.2) is 0 Å². The van der Waals surface area contributed by atoms with Gasteiger partial charge in [0, 0.05) is 25.6 Å². The predicted octanol–water partition coefficient (Wildman–Crippen LogP) is 3.05. The summed E-state index contributed by atoms with van der Waals surface area (Å²) in [5.41, 5.74) is 0. The molecular formula is C13H24O2. The Hall–Kier alpha value is -0.370. The van der Waals surface area contributed by atoms with Crippen LogP contribution in [0.25, 0.3) is 0 Å². The van der Waals surface area contributed by atoms with Crippen LogP contribution in [-0.2, 0) is 9.53 Å². The van der Waals surface area contributed by atoms with E-state index in [2.05, 4.69) is 20.8 Å². The van der Waals surface area contributed by atoms with Gasteiger partial charge in [-0.2, -0.15) is 0 Å². The van der Waals surface area contributed by atoms with E-state index < -0.39 is 0 Å². The highest BCUT2D eigenvalue weighted by atomic mass is 16.5. The maximum Gasteiger partial charge on any atom is 0.136 e. The van der Waals surface area contributed by atoms with Crippen LogP contribution in [-0.4, -0.2) is 19.0 Å². The van der Waals surface area contributed by atoms with Crippen LogP contribution >= 0.6 is 0 Å². The van der Waals surface area contributed by atoms with Crippen molar-refractivity contribution in [3.05, 3.63) is 0 Å². The molecular weight excluding hydrogens is 188 g/mol. The fourth-order valence-corrected chi connectivity index (χ4v) is 2.15. The van der Waals surface area contributed by atoms with E-state index >= 15 is 0 Å². The van der Waals surface area contributed by atoms with Crippen molar-refractivity contribution in [2.45, 2.75) is 46.5 Å². The van der Waals surface area contributed by atoms with Crippen LogP contribution in [0.4, 0.5) is 0 Å². The highest BCUT2D eigenvalue weighted by molar-refractivity contribution is 5.81. The summed E-state index contributed by atoms with van der Waals surface area (Å²) in [6.07, 6.45) is 3.87. The van der Waals surface area contributed by atoms with Gasteiger partial charge in [0.15, 0.2) is 0 Å². The van der Waals surface area contributed by atoms with Crippen molar-refractivity contribution in [3.63, 3.8) is 0 Å². The van der Waals surface area contributed by atoms with Gasteiger partial charge in [-0.1, -0.05) is 20.8 Å². The fraction of sp³-hybridized carbons (Fsp3) is 0.923. The largest absolute Gasteiger partial charge is 0.381 e. The minimum atomic E-state index is 0.279. The van der Waals surface area contributed by atoms with E-state index in [4.69, 9.17) is 4.74 Å². The van der Waals surface area contributed by atoms with Crippen LogP contribution in [0.1, 0.15) is 46.5 Å². The Labute approximate surface area is 93.4 Å². The third-order valence-corrected chi connectivity index (χ3v) is 3.09. The van der Waals surface area contributed by atoms with Crippen LogP contribution in [0, 0.1) is 17.8 Å². The van der Waals surface area contributed by atoms with E-state index in [0.717, 1.165) is 44.8 Å². The topological polar surface area (TPSA) is 26.3 Å². The van der Waals surface area contributed by atoms with E-state index in [1.165, 1.54) is 0 Å². The maximum absolute atomic E-state index is 11.6. The molecule has 2 heteroatoms. The fourth-order valence-electron chi connectivity index (χ4n) is 2.15. The monoisotopic (exact) mass is 212 g/mol. The molecule has 0 bridgehead atoms. The highest BCUT2D eigenvalue weighted by Crippen LogP contribution is 2.28. The summed E-state index contributed by atoms with van der Waals surface area (Å²) < 4.78 is 5.53. The lowest BCUT2D eigenvalue weighted by atomic mass is 9.80. The van der Waals surface area contributed by atoms with Crippen molar-refractivity contribution >= 4 is 5.78 Å². The number of carbonyl (C=O) groups excluding carboxylic acids is 1. The number of hydrogen-bond acceptors (Lipinski definition) is 2. The molecule has 1 aliphatic rings. The minimum Gasteiger partial charge on any atom is -0.381 e. The standard InChI is InChI=1S/C13H24O2/c1-10(2)9-15-7-6-12-8-11(3)4-5-13(12)14/h10-12H,4-9H2,1-3H3. The summed E-state index contributed by atoms with van der Waals surface area (Å²) in [4.78, 5) is 11.6. The van der Waals surface area contributed by atoms with Gasteiger partial charge in [0.05, 0.1) is 0 Å². The normalized spacial score (nSPS) is 27.3. The summed E-state index contributed by atoms with van der Waals surface area (Å²) in [7, 11) is 0. The van der Waals surface area contributed by atoms with Gasteiger partial charge in [-0.25, -0.2) is 0 Å². The molecule has 1 rings (SSSR count). The quantitative estimate of drug-likeness (QED) is 0.655. The van der Waals surface area contributed by atoms with Gasteiger partial charge in [-0.05, 0) is 31.1 Å². The number of ether oxygens (including phenoxy) is 1. The van der Waals surface area contributed by atoms with Crippen molar-refractivity contribution in [3.8, 4) is 0 Å². The Bertz CT molecular complexity index is 199. The molecule has 15 heavy (non-hydrogen) atoms. The zero-order chi connectivity index (χ0) is 11.3. The van der Waals surface area contributed by atoms with Gasteiger partial charge in [-0.3, -0.25) is 4.79 Å². The third-order valence-electron chi connectivity index (χ3n) is 3.09. The number of rotatable bonds is 5. The Kier molecular flexibility index (Phi) is 5.30. The molecule has 88 valence electrons. The summed E-state index contributed by atoms with van der Waals surface area (Å²) in [5, 5.41) is 0. The molecule has 0 spiro atoms. The number of carbonyl (C=O) groups is 1. The number of hydrogen-bond donors (Lipinski definition) is 0. The van der Waals surface area contributed by atoms with E-state index in [-0.39, 0.29) is 5.92 Å². The van der Waals surface area contributed by atoms with Gasteiger partial charge in [0.2, 0.25) is 0 Å². The molecule has 1 fully saturated rings. The second-order valence-corrected chi connectivity index (χ2v) is 5.30. The molecule has 2 nitrogen and oxygen atoms in total. The minimum absolute atomic E-state index is 0.279. The molecule has 0 amide bonds. The predicted molar refractivity (Wildman–Crippen MR) is 61.8 cm³/mol. The average Bonchev–Trinajstić information content (AvgIpc) is 2.17. The lowest BCUT2D eigenvalue weighted by Gasteiger charge is -2.25. The van der Waals surface area contributed by atoms with Crippen molar-refractivity contribution in [1.82, 2.24) is 0 Å². The molecule has 0 aromatic rings. The first-order valence-electron chi connectivity index (χ1n) is 6.20. The van der Waals surface area contributed by atoms with Crippen molar-refractivity contribution in [2.24, 2.45) is 17.8 Å². The first-order chi connectivity index (χ1) is 7.09. The smallest absolute Gasteiger partial charge is 0.136 e. The molecule has 0 saturated heterocycles. The lowest BCUT2D eigenvalue weighted by Crippen LogP contribution is -2.25. The van der Waals surface area contributed by atoms with Crippen molar-refractivity contribution in [2.75, 3.05) is 13.2 Å². The van der Waals surface area contributed by atoms with Crippen molar-refractivity contribution in [1.29, 1.82) is 0 Å². The van der Waals surface area contributed by atoms with Crippen LogP contribution in [0.3, 0.4) is 0 Å². The molecule has 0 N–H and O–H groups in total. The molecule has 0 aliphatic heterocycles. The molecule has 0 aromatic heterocycles. The molecule has 2 unspecified atom stereocenters. The van der Waals surface area contributed by atoms with Gasteiger partial charge >= 0.3 is 0 Å². The van der Waals surface area contributed by atoms with E-state index in [1.807, 2.05) is 0 Å². The SMILES string of the molecule is CC(C)COCCC1CC(C)CCC1=O. The van der Waals surface area contributed by atoms with E-state index in [9.17, 15) is 4.79 Å². The first kappa shape index (κ1) is 12.7. The van der Waals surface area contributed by atoms with E-state index in [0.29, 0.717) is 11.7 Å². The first-order valence-corrected chi connectivity index (χ1v) is 6.20. The molecule has 0 heterocycles. The van der Waals surface area contributed by atoms with Crippen molar-refractivity contribution < 1.29 is 9.53 Å². The molecule has 2 atom stereocenters. The Balaban J connectivity index is 2.16. The maximum atomic E-state index is 11.6. The number of Topliss-reactive ketones (excluding diaryl/α,β-unsaturated/α-hetero) is 1. The van der Waals surface area contributed by atoms with Gasteiger partial charge in [-0.15, -0.1) is 0 Å². The average molecular weight is 212 g/mol. The second-order valence-electron chi connectivity index (χ2n) is 5.30. The summed E-state index contributed by atoms with van der Waals surface area (Å²) >= 11 is 0.